The van der Waals surface area contributed by atoms with E-state index in [9.17, 15) is 27.2 Å². The molecular formula is C19H17ClF4N4O3. The monoisotopic (exact) mass is 460 g/mol. The Hall–Kier alpha value is -2.95. The molecule has 0 unspecified atom stereocenters. The van der Waals surface area contributed by atoms with Crippen LogP contribution in [0.25, 0.3) is 0 Å². The lowest BCUT2D eigenvalue weighted by molar-refractivity contribution is -0.148. The summed E-state index contributed by atoms with van der Waals surface area (Å²) in [5.41, 5.74) is 2.04. The van der Waals surface area contributed by atoms with E-state index in [0.29, 0.717) is 22.4 Å². The van der Waals surface area contributed by atoms with Crippen molar-refractivity contribution in [2.75, 3.05) is 13.7 Å². The van der Waals surface area contributed by atoms with Crippen LogP contribution in [-0.2, 0) is 24.3 Å². The van der Waals surface area contributed by atoms with Crippen LogP contribution in [0.3, 0.4) is 0 Å². The molecule has 12 heteroatoms. The Morgan fingerprint density at radius 3 is 2.77 bits per heavy atom. The maximum atomic E-state index is 13.0. The summed E-state index contributed by atoms with van der Waals surface area (Å²) in [5, 5.41) is 2.34. The molecule has 31 heavy (non-hydrogen) atoms. The summed E-state index contributed by atoms with van der Waals surface area (Å²) in [6.07, 6.45) is -1.14. The molecule has 0 atom stereocenters. The molecule has 0 saturated heterocycles. The maximum absolute atomic E-state index is 13.0. The fourth-order valence-corrected chi connectivity index (χ4v) is 3.22. The van der Waals surface area contributed by atoms with Gasteiger partial charge in [-0.1, -0.05) is 11.6 Å². The number of alkyl halides is 4. The highest BCUT2D eigenvalue weighted by atomic mass is 35.5. The lowest BCUT2D eigenvalue weighted by atomic mass is 10.1. The van der Waals surface area contributed by atoms with Gasteiger partial charge in [0.2, 0.25) is 11.8 Å². The third-order valence-electron chi connectivity index (χ3n) is 4.58. The molecule has 2 aromatic rings. The quantitative estimate of drug-likeness (QED) is 0.612. The number of hydrogen-bond donors (Lipinski definition) is 1. The third kappa shape index (κ3) is 5.04. The maximum Gasteiger partial charge on any atom is 0.340 e. The normalized spacial score (nSPS) is 13.5. The van der Waals surface area contributed by atoms with Crippen molar-refractivity contribution < 1.29 is 31.9 Å². The average molecular weight is 461 g/mol. The molecule has 7 nitrogen and oxygen atoms in total. The lowest BCUT2D eigenvalue weighted by Crippen LogP contribution is -2.34. The van der Waals surface area contributed by atoms with Crippen LogP contribution in [0.15, 0.2) is 24.5 Å². The molecule has 0 spiro atoms. The predicted octanol–water partition coefficient (Wildman–Crippen LogP) is 2.85. The minimum absolute atomic E-state index is 0.0312. The highest BCUT2D eigenvalue weighted by molar-refractivity contribution is 6.31. The van der Waals surface area contributed by atoms with E-state index < -0.39 is 24.8 Å². The van der Waals surface area contributed by atoms with Crippen molar-refractivity contribution in [2.24, 2.45) is 0 Å². The second-order valence-electron chi connectivity index (χ2n) is 6.78. The summed E-state index contributed by atoms with van der Waals surface area (Å²) in [6.45, 7) is -1.27. The van der Waals surface area contributed by atoms with E-state index in [1.54, 1.807) is 6.07 Å². The number of hydrogen-bond acceptors (Lipinski definition) is 5. The summed E-state index contributed by atoms with van der Waals surface area (Å²) >= 11 is 5.97. The molecule has 0 aliphatic carbocycles. The first-order valence-corrected chi connectivity index (χ1v) is 9.40. The Kier molecular flexibility index (Phi) is 6.63. The van der Waals surface area contributed by atoms with Crippen LogP contribution in [0.5, 0.6) is 5.88 Å². The predicted molar refractivity (Wildman–Crippen MR) is 101 cm³/mol. The van der Waals surface area contributed by atoms with Crippen LogP contribution in [0, 0.1) is 0 Å². The SMILES string of the molecule is CNC(=O)Cc1nccc2c1CN(Cc1cnc(OCC(F)(F)C(F)F)c(Cl)c1)C2=O. The van der Waals surface area contributed by atoms with Crippen molar-refractivity contribution in [1.29, 1.82) is 0 Å². The number of nitrogens with zero attached hydrogens (tertiary/aromatic N) is 3. The standard InChI is InChI=1S/C19H17ClF4N4O3/c1-25-15(29)5-14-12-8-28(17(30)11(12)2-3-26-14)7-10-4-13(20)16(27-6-10)31-9-19(23,24)18(21)22/h2-4,6,18H,5,7-9H2,1H3,(H,25,29). The highest BCUT2D eigenvalue weighted by Crippen LogP contribution is 2.30. The zero-order valence-electron chi connectivity index (χ0n) is 16.2. The van der Waals surface area contributed by atoms with Gasteiger partial charge in [-0.05, 0) is 17.7 Å². The fraction of sp³-hybridized carbons (Fsp3) is 0.368. The summed E-state index contributed by atoms with van der Waals surface area (Å²) < 4.78 is 55.1. The highest BCUT2D eigenvalue weighted by Gasteiger charge is 2.42. The first kappa shape index (κ1) is 22.7. The molecule has 1 aliphatic heterocycles. The number of nitrogens with one attached hydrogen (secondary N) is 1. The van der Waals surface area contributed by atoms with Gasteiger partial charge in [-0.3, -0.25) is 14.6 Å². The number of carbonyl (C=O) groups excluding carboxylic acids is 2. The minimum Gasteiger partial charge on any atom is -0.470 e. The molecule has 0 saturated carbocycles. The molecular weight excluding hydrogens is 444 g/mol. The van der Waals surface area contributed by atoms with Gasteiger partial charge in [0.05, 0.1) is 12.1 Å². The Bertz CT molecular complexity index is 1010. The molecule has 2 amide bonds. The summed E-state index contributed by atoms with van der Waals surface area (Å²) in [4.78, 5) is 33.8. The van der Waals surface area contributed by atoms with Crippen LogP contribution < -0.4 is 10.1 Å². The number of likely N-dealkylation sites (N-methyl/N-ethyl adjacent to an activating group) is 1. The van der Waals surface area contributed by atoms with E-state index in [0.717, 1.165) is 0 Å². The Labute approximate surface area is 179 Å². The molecule has 0 fully saturated rings. The molecule has 3 heterocycles. The van der Waals surface area contributed by atoms with Gasteiger partial charge in [-0.15, -0.1) is 0 Å². The van der Waals surface area contributed by atoms with Crippen molar-refractivity contribution in [1.82, 2.24) is 20.2 Å². The van der Waals surface area contributed by atoms with Gasteiger partial charge < -0.3 is 15.0 Å². The van der Waals surface area contributed by atoms with Crippen molar-refractivity contribution in [3.05, 3.63) is 51.9 Å². The zero-order chi connectivity index (χ0) is 22.8. The Balaban J connectivity index is 1.70. The zero-order valence-corrected chi connectivity index (χ0v) is 16.9. The summed E-state index contributed by atoms with van der Waals surface area (Å²) in [5.74, 6) is -5.27. The molecule has 2 aromatic heterocycles. The number of rotatable bonds is 8. The Morgan fingerprint density at radius 2 is 2.13 bits per heavy atom. The molecule has 1 aliphatic rings. The van der Waals surface area contributed by atoms with E-state index in [2.05, 4.69) is 20.0 Å². The number of aromatic nitrogens is 2. The molecule has 3 rings (SSSR count). The van der Waals surface area contributed by atoms with Crippen LogP contribution >= 0.6 is 11.6 Å². The van der Waals surface area contributed by atoms with Crippen molar-refractivity contribution >= 4 is 23.4 Å². The van der Waals surface area contributed by atoms with Crippen LogP contribution in [0.4, 0.5) is 17.6 Å². The van der Waals surface area contributed by atoms with E-state index in [1.165, 1.54) is 30.4 Å². The van der Waals surface area contributed by atoms with Crippen LogP contribution in [-0.4, -0.2) is 52.7 Å². The van der Waals surface area contributed by atoms with Crippen molar-refractivity contribution in [3.63, 3.8) is 0 Å². The van der Waals surface area contributed by atoms with Gasteiger partial charge >= 0.3 is 12.3 Å². The van der Waals surface area contributed by atoms with Crippen LogP contribution in [0.2, 0.25) is 5.02 Å². The first-order valence-electron chi connectivity index (χ1n) is 9.02. The molecule has 0 aromatic carbocycles. The van der Waals surface area contributed by atoms with Gasteiger partial charge in [0, 0.05) is 43.7 Å². The number of amides is 2. The summed E-state index contributed by atoms with van der Waals surface area (Å²) in [6, 6.07) is 2.92. The van der Waals surface area contributed by atoms with Gasteiger partial charge in [0.25, 0.3) is 5.91 Å². The van der Waals surface area contributed by atoms with Gasteiger partial charge in [0.15, 0.2) is 6.61 Å². The van der Waals surface area contributed by atoms with Gasteiger partial charge in [-0.25, -0.2) is 13.8 Å². The van der Waals surface area contributed by atoms with Gasteiger partial charge in [0.1, 0.15) is 5.02 Å². The third-order valence-corrected chi connectivity index (χ3v) is 4.85. The fourth-order valence-electron chi connectivity index (χ4n) is 2.97. The number of carbonyl (C=O) groups is 2. The smallest absolute Gasteiger partial charge is 0.340 e. The minimum atomic E-state index is -4.34. The largest absolute Gasteiger partial charge is 0.470 e. The Morgan fingerprint density at radius 1 is 1.39 bits per heavy atom. The number of ether oxygens (including phenoxy) is 1. The average Bonchev–Trinajstić information content (AvgIpc) is 3.04. The van der Waals surface area contributed by atoms with Gasteiger partial charge in [-0.2, -0.15) is 8.78 Å². The van der Waals surface area contributed by atoms with E-state index >= 15 is 0 Å². The number of halogens is 5. The van der Waals surface area contributed by atoms with Crippen molar-refractivity contribution in [2.45, 2.75) is 31.9 Å². The van der Waals surface area contributed by atoms with Crippen LogP contribution in [0.1, 0.15) is 27.2 Å². The van der Waals surface area contributed by atoms with Crippen molar-refractivity contribution in [3.8, 4) is 5.88 Å². The van der Waals surface area contributed by atoms with E-state index in [1.807, 2.05) is 0 Å². The molecule has 0 bridgehead atoms. The second kappa shape index (κ2) is 9.04. The lowest BCUT2D eigenvalue weighted by Gasteiger charge is -2.18. The first-order chi connectivity index (χ1) is 14.6. The summed E-state index contributed by atoms with van der Waals surface area (Å²) in [7, 11) is 1.50. The van der Waals surface area contributed by atoms with E-state index in [4.69, 9.17) is 11.6 Å². The molecule has 166 valence electrons. The number of pyridine rings is 2. The second-order valence-corrected chi connectivity index (χ2v) is 7.18. The van der Waals surface area contributed by atoms with E-state index in [-0.39, 0.29) is 36.3 Å². The number of fused-ring (bicyclic) bond motifs is 1. The molecule has 1 N–H and O–H groups in total. The molecule has 0 radical (unpaired) electrons. The topological polar surface area (TPSA) is 84.4 Å².